The average Bonchev–Trinajstić information content (AvgIpc) is 2.42. The molecule has 0 radical (unpaired) electrons. The van der Waals surface area contributed by atoms with Crippen molar-refractivity contribution in [3.63, 3.8) is 0 Å². The minimum absolute atomic E-state index is 0.123. The standard InChI is InChI=1S/C15H26O6/c1-2-3-4-7-10-20-14(18)12-15(19)21-11-8-5-6-9-13(16)17/h2-12H2,1H3,(H,16,17). The van der Waals surface area contributed by atoms with E-state index in [1.54, 1.807) is 0 Å². The molecule has 0 atom stereocenters. The van der Waals surface area contributed by atoms with E-state index in [2.05, 4.69) is 6.92 Å². The first-order valence-electron chi connectivity index (χ1n) is 7.59. The molecule has 0 rings (SSSR count). The van der Waals surface area contributed by atoms with Crippen LogP contribution in [-0.4, -0.2) is 36.2 Å². The monoisotopic (exact) mass is 302 g/mol. The highest BCUT2D eigenvalue weighted by atomic mass is 16.6. The molecule has 0 amide bonds. The molecular formula is C15H26O6. The molecule has 0 saturated heterocycles. The minimum atomic E-state index is -0.825. The number of aliphatic carboxylic acids is 1. The Morgan fingerprint density at radius 2 is 1.33 bits per heavy atom. The van der Waals surface area contributed by atoms with Gasteiger partial charge in [0.05, 0.1) is 13.2 Å². The predicted molar refractivity (Wildman–Crippen MR) is 76.8 cm³/mol. The molecule has 1 N–H and O–H groups in total. The lowest BCUT2D eigenvalue weighted by atomic mass is 10.2. The average molecular weight is 302 g/mol. The van der Waals surface area contributed by atoms with Gasteiger partial charge in [-0.1, -0.05) is 26.2 Å². The number of carboxylic acid groups (broad SMARTS) is 1. The molecule has 6 nitrogen and oxygen atoms in total. The minimum Gasteiger partial charge on any atom is -0.481 e. The molecule has 0 bridgehead atoms. The van der Waals surface area contributed by atoms with Crippen molar-refractivity contribution < 1.29 is 29.0 Å². The van der Waals surface area contributed by atoms with E-state index in [0.717, 1.165) is 25.7 Å². The Hall–Kier alpha value is -1.59. The predicted octanol–water partition coefficient (Wildman–Crippen LogP) is 2.69. The number of carboxylic acids is 1. The second-order valence-electron chi connectivity index (χ2n) is 4.88. The van der Waals surface area contributed by atoms with Gasteiger partial charge in [0, 0.05) is 6.42 Å². The number of carbonyl (C=O) groups is 3. The van der Waals surface area contributed by atoms with Gasteiger partial charge in [-0.2, -0.15) is 0 Å². The Morgan fingerprint density at radius 1 is 0.810 bits per heavy atom. The Morgan fingerprint density at radius 3 is 1.81 bits per heavy atom. The molecule has 21 heavy (non-hydrogen) atoms. The normalized spacial score (nSPS) is 10.1. The van der Waals surface area contributed by atoms with Crippen LogP contribution in [0, 0.1) is 0 Å². The zero-order valence-corrected chi connectivity index (χ0v) is 12.8. The van der Waals surface area contributed by atoms with Crippen molar-refractivity contribution in [2.45, 2.75) is 64.7 Å². The molecule has 0 spiro atoms. The van der Waals surface area contributed by atoms with E-state index < -0.39 is 17.9 Å². The molecule has 0 saturated carbocycles. The molecule has 0 aromatic rings. The number of hydrogen-bond acceptors (Lipinski definition) is 5. The summed E-state index contributed by atoms with van der Waals surface area (Å²) in [6.07, 6.45) is 5.68. The maximum atomic E-state index is 11.3. The van der Waals surface area contributed by atoms with Crippen LogP contribution in [0.15, 0.2) is 0 Å². The number of unbranched alkanes of at least 4 members (excludes halogenated alkanes) is 5. The highest BCUT2D eigenvalue weighted by Crippen LogP contribution is 2.02. The topological polar surface area (TPSA) is 89.9 Å². The van der Waals surface area contributed by atoms with Gasteiger partial charge in [0.15, 0.2) is 0 Å². The van der Waals surface area contributed by atoms with E-state index in [1.807, 2.05) is 0 Å². The molecule has 0 heterocycles. The highest BCUT2D eigenvalue weighted by Gasteiger charge is 2.11. The van der Waals surface area contributed by atoms with Crippen LogP contribution in [-0.2, 0) is 23.9 Å². The summed E-state index contributed by atoms with van der Waals surface area (Å²) in [5.74, 6) is -1.97. The lowest BCUT2D eigenvalue weighted by Crippen LogP contribution is -2.15. The zero-order valence-electron chi connectivity index (χ0n) is 12.8. The molecule has 0 aromatic carbocycles. The Kier molecular flexibility index (Phi) is 12.4. The van der Waals surface area contributed by atoms with Crippen LogP contribution in [0.5, 0.6) is 0 Å². The summed E-state index contributed by atoms with van der Waals surface area (Å²) in [5.41, 5.74) is 0. The van der Waals surface area contributed by atoms with Crippen molar-refractivity contribution >= 4 is 17.9 Å². The fourth-order valence-corrected chi connectivity index (χ4v) is 1.68. The summed E-state index contributed by atoms with van der Waals surface area (Å²) in [7, 11) is 0. The fraction of sp³-hybridized carbons (Fsp3) is 0.800. The molecule has 6 heteroatoms. The molecule has 0 aliphatic carbocycles. The van der Waals surface area contributed by atoms with Crippen molar-refractivity contribution in [2.24, 2.45) is 0 Å². The van der Waals surface area contributed by atoms with E-state index in [4.69, 9.17) is 14.6 Å². The summed E-state index contributed by atoms with van der Waals surface area (Å²) in [5, 5.41) is 8.44. The second kappa shape index (κ2) is 13.4. The number of ether oxygens (including phenoxy) is 2. The van der Waals surface area contributed by atoms with Gasteiger partial charge in [-0.3, -0.25) is 14.4 Å². The van der Waals surface area contributed by atoms with Crippen LogP contribution >= 0.6 is 0 Å². The Bertz CT molecular complexity index is 313. The third kappa shape index (κ3) is 14.6. The van der Waals surface area contributed by atoms with Gasteiger partial charge >= 0.3 is 17.9 Å². The number of esters is 2. The van der Waals surface area contributed by atoms with E-state index >= 15 is 0 Å². The van der Waals surface area contributed by atoms with Gasteiger partial charge in [0.25, 0.3) is 0 Å². The summed E-state index contributed by atoms with van der Waals surface area (Å²) >= 11 is 0. The highest BCUT2D eigenvalue weighted by molar-refractivity contribution is 5.91. The van der Waals surface area contributed by atoms with E-state index in [1.165, 1.54) is 0 Å². The molecule has 0 aromatic heterocycles. The SMILES string of the molecule is CCCCCCOC(=O)CC(=O)OCCCCCC(=O)O. The van der Waals surface area contributed by atoms with Crippen LogP contribution in [0.2, 0.25) is 0 Å². The van der Waals surface area contributed by atoms with Crippen molar-refractivity contribution in [3.8, 4) is 0 Å². The van der Waals surface area contributed by atoms with Gasteiger partial charge in [0.1, 0.15) is 6.42 Å². The first-order valence-corrected chi connectivity index (χ1v) is 7.59. The van der Waals surface area contributed by atoms with Crippen molar-refractivity contribution in [1.29, 1.82) is 0 Å². The zero-order chi connectivity index (χ0) is 15.9. The third-order valence-corrected chi connectivity index (χ3v) is 2.85. The summed E-state index contributed by atoms with van der Waals surface area (Å²) < 4.78 is 9.80. The lowest BCUT2D eigenvalue weighted by Gasteiger charge is -2.05. The van der Waals surface area contributed by atoms with Crippen LogP contribution in [0.3, 0.4) is 0 Å². The van der Waals surface area contributed by atoms with Crippen LogP contribution in [0.4, 0.5) is 0 Å². The number of carbonyl (C=O) groups excluding carboxylic acids is 2. The van der Waals surface area contributed by atoms with Crippen molar-refractivity contribution in [2.75, 3.05) is 13.2 Å². The van der Waals surface area contributed by atoms with Gasteiger partial charge in [-0.15, -0.1) is 0 Å². The molecule has 0 unspecified atom stereocenters. The van der Waals surface area contributed by atoms with Crippen LogP contribution in [0.25, 0.3) is 0 Å². The largest absolute Gasteiger partial charge is 0.481 e. The maximum Gasteiger partial charge on any atom is 0.317 e. The molecule has 0 fully saturated rings. The summed E-state index contributed by atoms with van der Waals surface area (Å²) in [4.78, 5) is 32.9. The summed E-state index contributed by atoms with van der Waals surface area (Å²) in [6.45, 7) is 2.66. The second-order valence-corrected chi connectivity index (χ2v) is 4.88. The third-order valence-electron chi connectivity index (χ3n) is 2.85. The van der Waals surface area contributed by atoms with Gasteiger partial charge in [0.2, 0.25) is 0 Å². The van der Waals surface area contributed by atoms with Gasteiger partial charge < -0.3 is 14.6 Å². The quantitative estimate of drug-likeness (QED) is 0.319. The van der Waals surface area contributed by atoms with Crippen LogP contribution < -0.4 is 0 Å². The van der Waals surface area contributed by atoms with Crippen LogP contribution in [0.1, 0.15) is 64.7 Å². The van der Waals surface area contributed by atoms with E-state index in [9.17, 15) is 14.4 Å². The smallest absolute Gasteiger partial charge is 0.317 e. The fourth-order valence-electron chi connectivity index (χ4n) is 1.68. The summed E-state index contributed by atoms with van der Waals surface area (Å²) in [6, 6.07) is 0. The van der Waals surface area contributed by atoms with Crippen molar-refractivity contribution in [1.82, 2.24) is 0 Å². The van der Waals surface area contributed by atoms with Gasteiger partial charge in [-0.25, -0.2) is 0 Å². The number of rotatable bonds is 13. The Labute approximate surface area is 125 Å². The van der Waals surface area contributed by atoms with E-state index in [-0.39, 0.29) is 19.4 Å². The lowest BCUT2D eigenvalue weighted by molar-refractivity contribution is -0.154. The molecule has 0 aliphatic rings. The molecular weight excluding hydrogens is 276 g/mol. The van der Waals surface area contributed by atoms with E-state index in [0.29, 0.717) is 25.9 Å². The van der Waals surface area contributed by atoms with Crippen molar-refractivity contribution in [3.05, 3.63) is 0 Å². The first-order chi connectivity index (χ1) is 10.1. The van der Waals surface area contributed by atoms with Gasteiger partial charge in [-0.05, 0) is 25.7 Å². The molecule has 122 valence electrons. The molecule has 0 aliphatic heterocycles. The number of hydrogen-bond donors (Lipinski definition) is 1. The maximum absolute atomic E-state index is 11.3. The first kappa shape index (κ1) is 19.4. The Balaban J connectivity index is 3.43.